The van der Waals surface area contributed by atoms with Crippen molar-refractivity contribution in [2.75, 3.05) is 22.6 Å². The summed E-state index contributed by atoms with van der Waals surface area (Å²) < 4.78 is 10.5. The van der Waals surface area contributed by atoms with Crippen LogP contribution in [0.2, 0.25) is 0 Å². The Morgan fingerprint density at radius 1 is 0.732 bits per heavy atom. The van der Waals surface area contributed by atoms with Gasteiger partial charge in [0.2, 0.25) is 0 Å². The van der Waals surface area contributed by atoms with Crippen molar-refractivity contribution in [1.82, 2.24) is 0 Å². The van der Waals surface area contributed by atoms with Gasteiger partial charge in [-0.3, -0.25) is 14.4 Å². The van der Waals surface area contributed by atoms with E-state index >= 15 is 0 Å². The van der Waals surface area contributed by atoms with Gasteiger partial charge in [0.25, 0.3) is 17.7 Å². The monoisotopic (exact) mass is 567 g/mol. The van der Waals surface area contributed by atoms with Crippen molar-refractivity contribution in [2.45, 2.75) is 0 Å². The van der Waals surface area contributed by atoms with Crippen LogP contribution in [0.25, 0.3) is 0 Å². The van der Waals surface area contributed by atoms with Gasteiger partial charge >= 0.3 is 5.97 Å². The molecule has 3 amide bonds. The lowest BCUT2D eigenvalue weighted by Gasteiger charge is -2.16. The summed E-state index contributed by atoms with van der Waals surface area (Å²) in [4.78, 5) is 51.8. The molecular weight excluding hydrogens is 546 g/mol. The van der Waals surface area contributed by atoms with Crippen LogP contribution < -0.4 is 20.3 Å². The van der Waals surface area contributed by atoms with Crippen LogP contribution in [0, 0.1) is 0 Å². The van der Waals surface area contributed by atoms with Gasteiger partial charge in [0.1, 0.15) is 22.2 Å². The Morgan fingerprint density at radius 2 is 1.37 bits per heavy atom. The number of amides is 3. The molecule has 1 aliphatic heterocycles. The number of methoxy groups -OCH3 is 1. The predicted molar refractivity (Wildman–Crippen MR) is 154 cm³/mol. The van der Waals surface area contributed by atoms with E-state index in [-0.39, 0.29) is 21.9 Å². The molecule has 0 saturated carbocycles. The highest BCUT2D eigenvalue weighted by Crippen LogP contribution is 2.32. The molecule has 4 aromatic rings. The summed E-state index contributed by atoms with van der Waals surface area (Å²) >= 11 is 6.28. The summed E-state index contributed by atoms with van der Waals surface area (Å²) in [5.41, 5.74) is 1.51. The molecule has 2 N–H and O–H groups in total. The Bertz CT molecular complexity index is 1690. The minimum atomic E-state index is -0.685. The fraction of sp³-hybridized carbons (Fsp3) is 0.0323. The van der Waals surface area contributed by atoms with Crippen molar-refractivity contribution in [3.63, 3.8) is 0 Å². The quantitative estimate of drug-likeness (QED) is 0.200. The molecular formula is C31H22ClN3O6. The van der Waals surface area contributed by atoms with E-state index in [9.17, 15) is 19.2 Å². The molecule has 0 aliphatic carbocycles. The Labute approximate surface area is 239 Å². The Kier molecular flexibility index (Phi) is 7.80. The largest absolute Gasteiger partial charge is 0.465 e. The van der Waals surface area contributed by atoms with Crippen LogP contribution in [0.1, 0.15) is 20.7 Å². The number of carbonyl (C=O) groups is 4. The molecule has 0 saturated heterocycles. The van der Waals surface area contributed by atoms with Gasteiger partial charge in [-0.15, -0.1) is 0 Å². The second-order valence-electron chi connectivity index (χ2n) is 8.78. The van der Waals surface area contributed by atoms with Crippen LogP contribution in [-0.4, -0.2) is 30.8 Å². The lowest BCUT2D eigenvalue weighted by atomic mass is 10.1. The van der Waals surface area contributed by atoms with Gasteiger partial charge in [-0.25, -0.2) is 9.69 Å². The number of hydrogen-bond donors (Lipinski definition) is 2. The van der Waals surface area contributed by atoms with Crippen LogP contribution in [-0.2, 0) is 14.3 Å². The van der Waals surface area contributed by atoms with E-state index < -0.39 is 23.7 Å². The zero-order valence-electron chi connectivity index (χ0n) is 21.6. The predicted octanol–water partition coefficient (Wildman–Crippen LogP) is 5.95. The Balaban J connectivity index is 1.28. The maximum absolute atomic E-state index is 13.2. The van der Waals surface area contributed by atoms with Gasteiger partial charge in [0.05, 0.1) is 18.4 Å². The number of halogens is 1. The van der Waals surface area contributed by atoms with E-state index in [2.05, 4.69) is 10.6 Å². The second kappa shape index (κ2) is 11.8. The molecule has 9 nitrogen and oxygen atoms in total. The highest BCUT2D eigenvalue weighted by molar-refractivity contribution is 6.53. The number of benzene rings is 4. The smallest absolute Gasteiger partial charge is 0.337 e. The molecule has 0 radical (unpaired) electrons. The summed E-state index contributed by atoms with van der Waals surface area (Å²) in [6, 6.07) is 28.3. The average molecular weight is 568 g/mol. The summed E-state index contributed by atoms with van der Waals surface area (Å²) in [7, 11) is 1.27. The topological polar surface area (TPSA) is 114 Å². The number of hydrogen-bond acceptors (Lipinski definition) is 7. The number of anilines is 3. The third kappa shape index (κ3) is 5.95. The van der Waals surface area contributed by atoms with Gasteiger partial charge in [-0.05, 0) is 72.8 Å². The maximum atomic E-state index is 13.2. The third-order valence-corrected chi connectivity index (χ3v) is 6.39. The highest BCUT2D eigenvalue weighted by atomic mass is 35.5. The van der Waals surface area contributed by atoms with Gasteiger partial charge in [0, 0.05) is 16.9 Å². The molecule has 0 bridgehead atoms. The number of nitrogens with zero attached hydrogens (tertiary/aromatic N) is 1. The second-order valence-corrected chi connectivity index (χ2v) is 9.15. The molecule has 41 heavy (non-hydrogen) atoms. The lowest BCUT2D eigenvalue weighted by Crippen LogP contribution is -2.32. The van der Waals surface area contributed by atoms with E-state index in [4.69, 9.17) is 21.1 Å². The fourth-order valence-corrected chi connectivity index (χ4v) is 4.27. The normalized spacial score (nSPS) is 12.8. The van der Waals surface area contributed by atoms with Crippen molar-refractivity contribution in [3.8, 4) is 11.5 Å². The molecule has 1 heterocycles. The van der Waals surface area contributed by atoms with E-state index in [1.165, 1.54) is 19.2 Å². The van der Waals surface area contributed by atoms with Crippen molar-refractivity contribution in [1.29, 1.82) is 0 Å². The minimum Gasteiger partial charge on any atom is -0.465 e. The number of rotatable bonds is 8. The van der Waals surface area contributed by atoms with Crippen molar-refractivity contribution >= 4 is 52.4 Å². The summed E-state index contributed by atoms with van der Waals surface area (Å²) in [5.74, 6) is -1.14. The first kappa shape index (κ1) is 27.2. The first-order chi connectivity index (χ1) is 19.8. The number of imide groups is 1. The zero-order chi connectivity index (χ0) is 28.9. The Morgan fingerprint density at radius 3 is 2.07 bits per heavy atom. The van der Waals surface area contributed by atoms with Crippen molar-refractivity contribution in [3.05, 3.63) is 125 Å². The van der Waals surface area contributed by atoms with E-state index in [0.29, 0.717) is 28.6 Å². The van der Waals surface area contributed by atoms with Crippen LogP contribution in [0.3, 0.4) is 0 Å². The molecule has 0 atom stereocenters. The van der Waals surface area contributed by atoms with Crippen LogP contribution in [0.15, 0.2) is 114 Å². The first-order valence-electron chi connectivity index (χ1n) is 12.3. The molecule has 1 aliphatic rings. The number of esters is 1. The SMILES string of the molecule is COC(=O)c1cccc(NC(=O)c2cccc(NC3=C(Cl)C(=O)N(c4ccc(Oc5ccccc5)cc4)C3=O)c2)c1. The maximum Gasteiger partial charge on any atom is 0.337 e. The molecule has 0 spiro atoms. The molecule has 0 aromatic heterocycles. The van der Waals surface area contributed by atoms with Gasteiger partial charge in [0.15, 0.2) is 0 Å². The van der Waals surface area contributed by atoms with E-state index in [1.54, 1.807) is 60.7 Å². The standard InChI is InChI=1S/C31H22ClN3O6/c1-40-31(39)20-8-6-10-22(18-20)34-28(36)19-7-5-9-21(17-19)33-27-26(32)29(37)35(30(27)38)23-13-15-25(16-14-23)41-24-11-3-2-4-12-24/h2-18,33H,1H3,(H,34,36). The molecule has 4 aromatic carbocycles. The average Bonchev–Trinajstić information content (AvgIpc) is 3.20. The van der Waals surface area contributed by atoms with Gasteiger partial charge in [-0.2, -0.15) is 0 Å². The number of ether oxygens (including phenoxy) is 2. The number of carbonyl (C=O) groups excluding carboxylic acids is 4. The molecule has 0 fully saturated rings. The van der Waals surface area contributed by atoms with Gasteiger partial charge in [-0.1, -0.05) is 41.9 Å². The zero-order valence-corrected chi connectivity index (χ0v) is 22.3. The summed E-state index contributed by atoms with van der Waals surface area (Å²) in [6.07, 6.45) is 0. The minimum absolute atomic E-state index is 0.121. The molecule has 5 rings (SSSR count). The summed E-state index contributed by atoms with van der Waals surface area (Å²) in [5, 5.41) is 5.31. The molecule has 204 valence electrons. The van der Waals surface area contributed by atoms with Crippen molar-refractivity contribution in [2.24, 2.45) is 0 Å². The van der Waals surface area contributed by atoms with E-state index in [0.717, 1.165) is 4.90 Å². The molecule has 0 unspecified atom stereocenters. The number of para-hydroxylation sites is 1. The lowest BCUT2D eigenvalue weighted by molar-refractivity contribution is -0.120. The van der Waals surface area contributed by atoms with Crippen molar-refractivity contribution < 1.29 is 28.7 Å². The fourth-order valence-electron chi connectivity index (χ4n) is 4.06. The van der Waals surface area contributed by atoms with E-state index in [1.807, 2.05) is 30.3 Å². The van der Waals surface area contributed by atoms with Crippen LogP contribution in [0.5, 0.6) is 11.5 Å². The molecule has 10 heteroatoms. The van der Waals surface area contributed by atoms with Gasteiger partial charge < -0.3 is 20.1 Å². The summed E-state index contributed by atoms with van der Waals surface area (Å²) in [6.45, 7) is 0. The van der Waals surface area contributed by atoms with Crippen LogP contribution >= 0.6 is 11.6 Å². The van der Waals surface area contributed by atoms with Crippen LogP contribution in [0.4, 0.5) is 17.1 Å². The first-order valence-corrected chi connectivity index (χ1v) is 12.7. The number of nitrogens with one attached hydrogen (secondary N) is 2. The third-order valence-electron chi connectivity index (χ3n) is 6.04. The highest BCUT2D eigenvalue weighted by Gasteiger charge is 2.39. The Hall–Kier alpha value is -5.41.